The highest BCUT2D eigenvalue weighted by Gasteiger charge is 2.70. The van der Waals surface area contributed by atoms with Gasteiger partial charge < -0.3 is 4.74 Å². The molecule has 0 amide bonds. The number of nitrogens with zero attached hydrogens (tertiary/aromatic N) is 1. The third-order valence-electron chi connectivity index (χ3n) is 1.91. The van der Waals surface area contributed by atoms with Crippen molar-refractivity contribution in [2.75, 3.05) is 7.05 Å². The van der Waals surface area contributed by atoms with Crippen molar-refractivity contribution in [1.29, 1.82) is 0 Å². The van der Waals surface area contributed by atoms with Crippen molar-refractivity contribution in [3.8, 4) is 6.26 Å². The Morgan fingerprint density at radius 2 is 2.08 bits per heavy atom. The van der Waals surface area contributed by atoms with Crippen molar-refractivity contribution < 1.29 is 22.7 Å². The summed E-state index contributed by atoms with van der Waals surface area (Å²) in [6.45, 7) is 0. The van der Waals surface area contributed by atoms with Crippen LogP contribution in [0.2, 0.25) is 0 Å². The molecule has 3 nitrogen and oxygen atoms in total. The van der Waals surface area contributed by atoms with Gasteiger partial charge in [-0.05, 0) is 17.7 Å². The first-order chi connectivity index (χ1) is 5.94. The van der Waals surface area contributed by atoms with Crippen molar-refractivity contribution in [3.63, 3.8) is 0 Å². The minimum atomic E-state index is -4.53. The summed E-state index contributed by atoms with van der Waals surface area (Å²) in [7, 11) is 1.25. The van der Waals surface area contributed by atoms with Gasteiger partial charge >= 0.3 is 18.4 Å². The number of hydrogen-bond acceptors (Lipinski definition) is 2. The SMILES string of the molecule is C[N+]#COC(=O)C1(C(F)(F)F)CC1. The minimum absolute atomic E-state index is 0.208. The third-order valence-corrected chi connectivity index (χ3v) is 1.91. The molecule has 0 N–H and O–H groups in total. The van der Waals surface area contributed by atoms with Crippen molar-refractivity contribution in [1.82, 2.24) is 0 Å². The van der Waals surface area contributed by atoms with E-state index in [0.717, 1.165) is 0 Å². The summed E-state index contributed by atoms with van der Waals surface area (Å²) in [6.07, 6.45) is -3.20. The van der Waals surface area contributed by atoms with Gasteiger partial charge in [-0.2, -0.15) is 13.2 Å². The Hall–Kier alpha value is -1.25. The van der Waals surface area contributed by atoms with Crippen LogP contribution in [-0.4, -0.2) is 19.2 Å². The molecule has 0 aliphatic heterocycles. The molecule has 72 valence electrons. The molecule has 0 saturated heterocycles. The fourth-order valence-electron chi connectivity index (χ4n) is 0.913. The van der Waals surface area contributed by atoms with Crippen molar-refractivity contribution >= 4 is 5.97 Å². The topological polar surface area (TPSA) is 30.7 Å². The Morgan fingerprint density at radius 3 is 2.38 bits per heavy atom. The third kappa shape index (κ3) is 1.59. The van der Waals surface area contributed by atoms with Gasteiger partial charge in [0.2, 0.25) is 0 Å². The molecule has 0 aromatic carbocycles. The lowest BCUT2D eigenvalue weighted by Gasteiger charge is -2.13. The van der Waals surface area contributed by atoms with Gasteiger partial charge in [-0.15, -0.1) is 0 Å². The number of rotatable bonds is 1. The molecule has 1 fully saturated rings. The van der Waals surface area contributed by atoms with E-state index < -0.39 is 17.6 Å². The largest absolute Gasteiger partial charge is 0.522 e. The monoisotopic (exact) mass is 194 g/mol. The highest BCUT2D eigenvalue weighted by molar-refractivity contribution is 5.81. The molecule has 0 aromatic rings. The maximum absolute atomic E-state index is 12.2. The van der Waals surface area contributed by atoms with Gasteiger partial charge in [-0.25, -0.2) is 4.79 Å². The molecule has 1 saturated carbocycles. The van der Waals surface area contributed by atoms with Gasteiger partial charge in [-0.3, -0.25) is 0 Å². The predicted octanol–water partition coefficient (Wildman–Crippen LogP) is 1.79. The van der Waals surface area contributed by atoms with Gasteiger partial charge in [0.15, 0.2) is 5.41 Å². The van der Waals surface area contributed by atoms with Gasteiger partial charge in [0.1, 0.15) is 0 Å². The van der Waals surface area contributed by atoms with E-state index in [4.69, 9.17) is 0 Å². The first-order valence-corrected chi connectivity index (χ1v) is 3.56. The van der Waals surface area contributed by atoms with Crippen LogP contribution < -0.4 is 0 Å². The van der Waals surface area contributed by atoms with Gasteiger partial charge in [0.05, 0.1) is 0 Å². The fraction of sp³-hybridized carbons (Fsp3) is 0.714. The van der Waals surface area contributed by atoms with Crippen molar-refractivity contribution in [3.05, 3.63) is 4.85 Å². The van der Waals surface area contributed by atoms with Crippen molar-refractivity contribution in [2.24, 2.45) is 5.41 Å². The number of esters is 1. The van der Waals surface area contributed by atoms with E-state index in [0.29, 0.717) is 0 Å². The highest BCUT2D eigenvalue weighted by atomic mass is 19.4. The Balaban J connectivity index is 2.70. The van der Waals surface area contributed by atoms with Crippen LogP contribution in [0.3, 0.4) is 0 Å². The lowest BCUT2D eigenvalue weighted by atomic mass is 10.1. The molecule has 0 aromatic heterocycles. The lowest BCUT2D eigenvalue weighted by molar-refractivity contribution is -0.202. The number of alkyl halides is 3. The highest BCUT2D eigenvalue weighted by Crippen LogP contribution is 2.58. The summed E-state index contributed by atoms with van der Waals surface area (Å²) in [5.41, 5.74) is -2.29. The van der Waals surface area contributed by atoms with Crippen LogP contribution in [-0.2, 0) is 9.53 Å². The number of halogens is 3. The molecule has 6 heteroatoms. The first kappa shape index (κ1) is 9.84. The number of carbonyl (C=O) groups is 1. The Labute approximate surface area is 72.3 Å². The molecule has 0 unspecified atom stereocenters. The second-order valence-corrected chi connectivity index (χ2v) is 2.78. The van der Waals surface area contributed by atoms with E-state index in [1.54, 1.807) is 6.26 Å². The molecular formula is C7H7F3NO2+. The van der Waals surface area contributed by atoms with E-state index in [2.05, 4.69) is 9.58 Å². The normalized spacial score (nSPS) is 18.5. The van der Waals surface area contributed by atoms with E-state index >= 15 is 0 Å². The standard InChI is InChI=1S/C7H7F3NO2/c1-11-4-13-5(12)6(2-3-6)7(8,9)10/h2-3H2,1H3/q+1. The molecule has 1 aliphatic rings. The van der Waals surface area contributed by atoms with Crippen LogP contribution >= 0.6 is 0 Å². The minimum Gasteiger partial charge on any atom is -0.315 e. The molecule has 0 atom stereocenters. The molecule has 0 heterocycles. The maximum atomic E-state index is 12.2. The fourth-order valence-corrected chi connectivity index (χ4v) is 0.913. The smallest absolute Gasteiger partial charge is 0.315 e. The second-order valence-electron chi connectivity index (χ2n) is 2.78. The van der Waals surface area contributed by atoms with Crippen LogP contribution in [0.4, 0.5) is 13.2 Å². The van der Waals surface area contributed by atoms with E-state index in [9.17, 15) is 18.0 Å². The zero-order valence-corrected chi connectivity index (χ0v) is 6.81. The van der Waals surface area contributed by atoms with Crippen LogP contribution in [0.15, 0.2) is 0 Å². The summed E-state index contributed by atoms with van der Waals surface area (Å²) in [5, 5.41) is 0. The van der Waals surface area contributed by atoms with Gasteiger partial charge in [-0.1, -0.05) is 0 Å². The Kier molecular flexibility index (Phi) is 2.20. The van der Waals surface area contributed by atoms with Crippen LogP contribution in [0.5, 0.6) is 0 Å². The van der Waals surface area contributed by atoms with E-state index in [1.807, 2.05) is 0 Å². The van der Waals surface area contributed by atoms with Gasteiger partial charge in [0, 0.05) is 0 Å². The second kappa shape index (κ2) is 2.91. The quantitative estimate of drug-likeness (QED) is 0.470. The van der Waals surface area contributed by atoms with Crippen LogP contribution in [0.25, 0.3) is 4.85 Å². The number of ether oxygens (including phenoxy) is 1. The zero-order valence-electron chi connectivity index (χ0n) is 6.81. The van der Waals surface area contributed by atoms with E-state index in [1.165, 1.54) is 7.05 Å². The average Bonchev–Trinajstić information content (AvgIpc) is 2.78. The average molecular weight is 194 g/mol. The molecule has 0 radical (unpaired) electrons. The first-order valence-electron chi connectivity index (χ1n) is 3.56. The van der Waals surface area contributed by atoms with Crippen molar-refractivity contribution in [2.45, 2.75) is 19.0 Å². The molecule has 0 spiro atoms. The zero-order chi connectivity index (χ0) is 10.1. The predicted molar refractivity (Wildman–Crippen MR) is 37.0 cm³/mol. The van der Waals surface area contributed by atoms with Crippen LogP contribution in [0, 0.1) is 11.7 Å². The summed E-state index contributed by atoms with van der Waals surface area (Å²) in [5.74, 6) is -1.31. The number of hydrogen-bond donors (Lipinski definition) is 0. The maximum Gasteiger partial charge on any atom is 0.522 e. The summed E-state index contributed by atoms with van der Waals surface area (Å²) in [6, 6.07) is 0. The van der Waals surface area contributed by atoms with Crippen LogP contribution in [0.1, 0.15) is 12.8 Å². The van der Waals surface area contributed by atoms with Gasteiger partial charge in [0.25, 0.3) is 7.05 Å². The molecule has 1 aliphatic carbocycles. The molecule has 0 bridgehead atoms. The Morgan fingerprint density at radius 1 is 1.54 bits per heavy atom. The lowest BCUT2D eigenvalue weighted by Crippen LogP contribution is -2.33. The summed E-state index contributed by atoms with van der Waals surface area (Å²) < 4.78 is 40.7. The summed E-state index contributed by atoms with van der Waals surface area (Å²) in [4.78, 5) is 14.0. The summed E-state index contributed by atoms with van der Waals surface area (Å²) >= 11 is 0. The molecule has 13 heavy (non-hydrogen) atoms. The Bertz CT molecular complexity index is 282. The molecule has 1 rings (SSSR count). The van der Waals surface area contributed by atoms with E-state index in [-0.39, 0.29) is 12.8 Å². The molecular weight excluding hydrogens is 187 g/mol. The number of carbonyl (C=O) groups excluding carboxylic acids is 1.